The van der Waals surface area contributed by atoms with Crippen LogP contribution in [-0.4, -0.2) is 57.5 Å². The fourth-order valence-corrected chi connectivity index (χ4v) is 3.53. The third-order valence-corrected chi connectivity index (χ3v) is 4.77. The number of nitrogens with zero attached hydrogens (tertiary/aromatic N) is 3. The number of aromatic nitrogens is 2. The average Bonchev–Trinajstić information content (AvgIpc) is 2.93. The van der Waals surface area contributed by atoms with Gasteiger partial charge in [-0.1, -0.05) is 0 Å². The highest BCUT2D eigenvalue weighted by Crippen LogP contribution is 2.41. The third kappa shape index (κ3) is 2.99. The minimum atomic E-state index is -3.25. The van der Waals surface area contributed by atoms with Gasteiger partial charge in [0.05, 0.1) is 31.9 Å². The van der Waals surface area contributed by atoms with E-state index in [-0.39, 0.29) is 11.3 Å². The van der Waals surface area contributed by atoms with Gasteiger partial charge in [-0.2, -0.15) is 0 Å². The van der Waals surface area contributed by atoms with Gasteiger partial charge in [0, 0.05) is 31.0 Å². The monoisotopic (exact) mass is 316 g/mol. The second kappa shape index (κ2) is 5.15. The summed E-state index contributed by atoms with van der Waals surface area (Å²) in [6.45, 7) is 2.68. The largest absolute Gasteiger partial charge is 0.380 e. The predicted molar refractivity (Wildman–Crippen MR) is 73.8 cm³/mol. The lowest BCUT2D eigenvalue weighted by Gasteiger charge is -2.26. The first-order valence-corrected chi connectivity index (χ1v) is 8.52. The van der Waals surface area contributed by atoms with Gasteiger partial charge in [-0.05, 0) is 0 Å². The lowest BCUT2D eigenvalue weighted by Crippen LogP contribution is -2.42. The first kappa shape index (κ1) is 14.6. The Bertz CT molecular complexity index is 624. The van der Waals surface area contributed by atoms with E-state index in [1.807, 2.05) is 4.90 Å². The van der Waals surface area contributed by atoms with Crippen molar-refractivity contribution >= 4 is 16.0 Å². The van der Waals surface area contributed by atoms with Crippen molar-refractivity contribution in [3.05, 3.63) is 18.2 Å². The Morgan fingerprint density at radius 3 is 2.90 bits per heavy atom. The van der Waals surface area contributed by atoms with E-state index in [2.05, 4.69) is 14.7 Å². The van der Waals surface area contributed by atoms with Crippen LogP contribution in [0.4, 0.5) is 10.3 Å². The van der Waals surface area contributed by atoms with Crippen LogP contribution in [0.3, 0.4) is 0 Å². The van der Waals surface area contributed by atoms with E-state index >= 15 is 0 Å². The molecule has 9 heteroatoms. The van der Waals surface area contributed by atoms with E-state index in [1.54, 1.807) is 0 Å². The second-order valence-electron chi connectivity index (χ2n) is 5.75. The zero-order chi connectivity index (χ0) is 15.1. The van der Waals surface area contributed by atoms with Crippen molar-refractivity contribution in [1.82, 2.24) is 14.7 Å². The van der Waals surface area contributed by atoms with Crippen molar-refractivity contribution < 1.29 is 17.5 Å². The number of sulfonamides is 1. The van der Waals surface area contributed by atoms with Crippen LogP contribution in [0.15, 0.2) is 12.4 Å². The SMILES string of the molecule is CS(=O)(=O)NC[C@]12COC[C@H]1CN(c1ncc(F)cn1)C2. The summed E-state index contributed by atoms with van der Waals surface area (Å²) in [4.78, 5) is 9.93. The minimum Gasteiger partial charge on any atom is -0.380 e. The van der Waals surface area contributed by atoms with Gasteiger partial charge in [0.25, 0.3) is 0 Å². The Balaban J connectivity index is 1.77. The normalized spacial score (nSPS) is 28.9. The fraction of sp³-hybridized carbons (Fsp3) is 0.667. The van der Waals surface area contributed by atoms with Crippen LogP contribution in [-0.2, 0) is 14.8 Å². The summed E-state index contributed by atoms with van der Waals surface area (Å²) in [5.41, 5.74) is -0.277. The minimum absolute atomic E-state index is 0.209. The van der Waals surface area contributed by atoms with Gasteiger partial charge in [-0.15, -0.1) is 0 Å². The number of hydrogen-bond acceptors (Lipinski definition) is 6. The van der Waals surface area contributed by atoms with Crippen LogP contribution in [0.25, 0.3) is 0 Å². The summed E-state index contributed by atoms with van der Waals surface area (Å²) in [6, 6.07) is 0. The summed E-state index contributed by atoms with van der Waals surface area (Å²) in [5.74, 6) is 0.194. The molecular weight excluding hydrogens is 299 g/mol. The highest BCUT2D eigenvalue weighted by Gasteiger charge is 2.51. The maximum absolute atomic E-state index is 12.9. The molecule has 2 fully saturated rings. The topological polar surface area (TPSA) is 84.4 Å². The van der Waals surface area contributed by atoms with Crippen LogP contribution in [0.5, 0.6) is 0 Å². The van der Waals surface area contributed by atoms with Crippen molar-refractivity contribution in [1.29, 1.82) is 0 Å². The van der Waals surface area contributed by atoms with E-state index in [0.717, 1.165) is 18.6 Å². The number of anilines is 1. The lowest BCUT2D eigenvalue weighted by molar-refractivity contribution is 0.156. The van der Waals surface area contributed by atoms with Gasteiger partial charge in [-0.3, -0.25) is 0 Å². The summed E-state index contributed by atoms with van der Waals surface area (Å²) < 4.78 is 43.6. The van der Waals surface area contributed by atoms with Gasteiger partial charge in [-0.25, -0.2) is 27.5 Å². The molecule has 2 saturated heterocycles. The van der Waals surface area contributed by atoms with Crippen LogP contribution >= 0.6 is 0 Å². The van der Waals surface area contributed by atoms with E-state index in [1.165, 1.54) is 0 Å². The zero-order valence-corrected chi connectivity index (χ0v) is 12.4. The first-order valence-electron chi connectivity index (χ1n) is 6.63. The van der Waals surface area contributed by atoms with E-state index in [0.29, 0.717) is 38.8 Å². The third-order valence-electron chi connectivity index (χ3n) is 4.10. The number of nitrogens with one attached hydrogen (secondary N) is 1. The molecule has 1 aromatic heterocycles. The standard InChI is InChI=1S/C12H17FN4O3S/c1-21(18,19)16-6-12-7-17(4-9(12)5-20-8-12)11-14-2-10(13)3-15-11/h2-3,9,16H,4-8H2,1H3/t9-,12+/m1/s1. The molecule has 1 N–H and O–H groups in total. The van der Waals surface area contributed by atoms with Gasteiger partial charge < -0.3 is 9.64 Å². The van der Waals surface area contributed by atoms with Gasteiger partial charge in [0.1, 0.15) is 0 Å². The molecular formula is C12H17FN4O3S. The van der Waals surface area contributed by atoms with Crippen LogP contribution in [0.2, 0.25) is 0 Å². The molecule has 0 aromatic carbocycles. The number of halogens is 1. The quantitative estimate of drug-likeness (QED) is 0.815. The van der Waals surface area contributed by atoms with Crippen molar-refractivity contribution in [2.75, 3.05) is 44.0 Å². The summed E-state index contributed by atoms with van der Waals surface area (Å²) in [7, 11) is -3.25. The molecule has 0 amide bonds. The molecule has 0 aliphatic carbocycles. The number of rotatable bonds is 4. The average molecular weight is 316 g/mol. The maximum Gasteiger partial charge on any atom is 0.225 e. The maximum atomic E-state index is 12.9. The van der Waals surface area contributed by atoms with Gasteiger partial charge in [0.2, 0.25) is 16.0 Å². The van der Waals surface area contributed by atoms with Crippen molar-refractivity contribution in [2.24, 2.45) is 11.3 Å². The molecule has 0 spiro atoms. The van der Waals surface area contributed by atoms with Crippen molar-refractivity contribution in [2.45, 2.75) is 0 Å². The molecule has 21 heavy (non-hydrogen) atoms. The van der Waals surface area contributed by atoms with Gasteiger partial charge in [0.15, 0.2) is 5.82 Å². The summed E-state index contributed by atoms with van der Waals surface area (Å²) >= 11 is 0. The molecule has 0 radical (unpaired) electrons. The van der Waals surface area contributed by atoms with Crippen LogP contribution in [0.1, 0.15) is 0 Å². The summed E-state index contributed by atoms with van der Waals surface area (Å²) in [6.07, 6.45) is 3.41. The predicted octanol–water partition coefficient (Wildman–Crippen LogP) is -0.382. The Kier molecular flexibility index (Phi) is 3.58. The molecule has 2 atom stereocenters. The van der Waals surface area contributed by atoms with Crippen molar-refractivity contribution in [3.8, 4) is 0 Å². The Morgan fingerprint density at radius 2 is 2.24 bits per heavy atom. The fourth-order valence-electron chi connectivity index (χ4n) is 2.98. The first-order chi connectivity index (χ1) is 9.88. The van der Waals surface area contributed by atoms with Crippen LogP contribution < -0.4 is 9.62 Å². The number of hydrogen-bond donors (Lipinski definition) is 1. The molecule has 116 valence electrons. The second-order valence-corrected chi connectivity index (χ2v) is 7.58. The molecule has 3 rings (SSSR count). The highest BCUT2D eigenvalue weighted by atomic mass is 32.2. The van der Waals surface area contributed by atoms with Gasteiger partial charge >= 0.3 is 0 Å². The van der Waals surface area contributed by atoms with Crippen molar-refractivity contribution in [3.63, 3.8) is 0 Å². The van der Waals surface area contributed by atoms with E-state index in [4.69, 9.17) is 4.74 Å². The summed E-state index contributed by atoms with van der Waals surface area (Å²) in [5, 5.41) is 0. The Morgan fingerprint density at radius 1 is 1.52 bits per heavy atom. The molecule has 0 unspecified atom stereocenters. The molecule has 0 saturated carbocycles. The molecule has 1 aromatic rings. The van der Waals surface area contributed by atoms with Crippen LogP contribution in [0, 0.1) is 17.2 Å². The Labute approximate surface area is 122 Å². The highest BCUT2D eigenvalue weighted by molar-refractivity contribution is 7.88. The molecule has 0 bridgehead atoms. The molecule has 2 aliphatic heterocycles. The number of fused-ring (bicyclic) bond motifs is 1. The number of ether oxygens (including phenoxy) is 1. The zero-order valence-electron chi connectivity index (χ0n) is 11.6. The molecule has 7 nitrogen and oxygen atoms in total. The molecule has 2 aliphatic rings. The van der Waals surface area contributed by atoms with E-state index < -0.39 is 15.8 Å². The van der Waals surface area contributed by atoms with E-state index in [9.17, 15) is 12.8 Å². The lowest BCUT2D eigenvalue weighted by atomic mass is 9.81. The Hall–Kier alpha value is -1.32. The smallest absolute Gasteiger partial charge is 0.225 e. The molecule has 3 heterocycles.